The van der Waals surface area contributed by atoms with Crippen LogP contribution in [0, 0.1) is 19.8 Å². The standard InChI is InChI=1S/C17H23N5OS/c1-10-14(11(2)21-20-10)13-4-3-8-22(13)17(23)19-15(12-5-6-12)16-18-7-9-24-16/h7,9,12-13,15H,3-6,8H2,1-2H3,(H,19,23)(H,20,21)/t13-,15+/m0/s1. The minimum absolute atomic E-state index is 0.0320. The van der Waals surface area contributed by atoms with E-state index >= 15 is 0 Å². The molecule has 0 unspecified atom stereocenters. The molecule has 6 nitrogen and oxygen atoms in total. The fourth-order valence-corrected chi connectivity index (χ4v) is 4.56. The van der Waals surface area contributed by atoms with Crippen molar-refractivity contribution < 1.29 is 4.79 Å². The number of carbonyl (C=O) groups is 1. The number of H-pyrrole nitrogens is 1. The summed E-state index contributed by atoms with van der Waals surface area (Å²) in [6, 6.07) is 0.217. The lowest BCUT2D eigenvalue weighted by Gasteiger charge is -2.28. The van der Waals surface area contributed by atoms with Gasteiger partial charge < -0.3 is 10.2 Å². The van der Waals surface area contributed by atoms with E-state index in [9.17, 15) is 4.79 Å². The first-order valence-corrected chi connectivity index (χ1v) is 9.51. The number of aryl methyl sites for hydroxylation is 2. The Bertz CT molecular complexity index is 702. The van der Waals surface area contributed by atoms with Crippen LogP contribution in [0.15, 0.2) is 11.6 Å². The number of nitrogens with zero attached hydrogens (tertiary/aromatic N) is 3. The molecule has 2 N–H and O–H groups in total. The predicted molar refractivity (Wildman–Crippen MR) is 92.9 cm³/mol. The normalized spacial score (nSPS) is 21.9. The highest BCUT2D eigenvalue weighted by Crippen LogP contribution is 2.42. The summed E-state index contributed by atoms with van der Waals surface area (Å²) in [5, 5.41) is 13.6. The molecule has 2 amide bonds. The number of aromatic amines is 1. The Morgan fingerprint density at radius 3 is 2.88 bits per heavy atom. The number of likely N-dealkylation sites (tertiary alicyclic amines) is 1. The van der Waals surface area contributed by atoms with Gasteiger partial charge in [0.25, 0.3) is 0 Å². The van der Waals surface area contributed by atoms with Crippen molar-refractivity contribution in [1.29, 1.82) is 0 Å². The van der Waals surface area contributed by atoms with E-state index < -0.39 is 0 Å². The zero-order chi connectivity index (χ0) is 16.7. The zero-order valence-corrected chi connectivity index (χ0v) is 14.9. The number of carbonyl (C=O) groups excluding carboxylic acids is 1. The molecule has 4 rings (SSSR count). The fourth-order valence-electron chi connectivity index (χ4n) is 3.78. The maximum absolute atomic E-state index is 13.0. The third-order valence-corrected chi connectivity index (χ3v) is 5.98. The summed E-state index contributed by atoms with van der Waals surface area (Å²) < 4.78 is 0. The van der Waals surface area contributed by atoms with Crippen LogP contribution in [0.1, 0.15) is 59.7 Å². The summed E-state index contributed by atoms with van der Waals surface area (Å²) in [4.78, 5) is 19.4. The number of amides is 2. The second kappa shape index (κ2) is 6.20. The van der Waals surface area contributed by atoms with Crippen molar-refractivity contribution in [2.75, 3.05) is 6.54 Å². The molecule has 0 bridgehead atoms. The summed E-state index contributed by atoms with van der Waals surface area (Å²) in [6.45, 7) is 4.85. The molecule has 2 aromatic heterocycles. The number of hydrogen-bond acceptors (Lipinski definition) is 4. The van der Waals surface area contributed by atoms with Crippen molar-refractivity contribution >= 4 is 17.4 Å². The maximum Gasteiger partial charge on any atom is 0.318 e. The fraction of sp³-hybridized carbons (Fsp3) is 0.588. The van der Waals surface area contributed by atoms with E-state index in [1.807, 2.05) is 30.3 Å². The molecule has 1 aliphatic carbocycles. The molecule has 2 fully saturated rings. The zero-order valence-electron chi connectivity index (χ0n) is 14.1. The van der Waals surface area contributed by atoms with Gasteiger partial charge in [0.15, 0.2) is 0 Å². The Morgan fingerprint density at radius 2 is 2.25 bits per heavy atom. The van der Waals surface area contributed by atoms with Crippen molar-refractivity contribution in [1.82, 2.24) is 25.4 Å². The van der Waals surface area contributed by atoms with Crippen LogP contribution in [-0.2, 0) is 0 Å². The first kappa shape index (κ1) is 15.6. The average Bonchev–Trinajstić information content (AvgIpc) is 2.97. The molecule has 2 atom stereocenters. The van der Waals surface area contributed by atoms with Crippen LogP contribution < -0.4 is 5.32 Å². The van der Waals surface area contributed by atoms with Gasteiger partial charge in [0.1, 0.15) is 5.01 Å². The third-order valence-electron chi connectivity index (χ3n) is 5.12. The number of aromatic nitrogens is 3. The third kappa shape index (κ3) is 2.81. The van der Waals surface area contributed by atoms with Gasteiger partial charge in [-0.1, -0.05) is 0 Å². The smallest absolute Gasteiger partial charge is 0.318 e. The highest BCUT2D eigenvalue weighted by atomic mass is 32.1. The highest BCUT2D eigenvalue weighted by molar-refractivity contribution is 7.09. The Hall–Kier alpha value is -1.89. The molecule has 0 radical (unpaired) electrons. The first-order chi connectivity index (χ1) is 11.6. The Morgan fingerprint density at radius 1 is 1.42 bits per heavy atom. The number of thiazole rings is 1. The molecule has 24 heavy (non-hydrogen) atoms. The van der Waals surface area contributed by atoms with Crippen molar-refractivity contribution in [3.8, 4) is 0 Å². The van der Waals surface area contributed by atoms with Crippen LogP contribution in [-0.4, -0.2) is 32.7 Å². The number of rotatable bonds is 4. The number of nitrogens with one attached hydrogen (secondary N) is 2. The molecule has 1 saturated carbocycles. The molecular formula is C17H23N5OS. The van der Waals surface area contributed by atoms with Crippen molar-refractivity contribution in [2.45, 2.75) is 51.6 Å². The summed E-state index contributed by atoms with van der Waals surface area (Å²) >= 11 is 1.63. The minimum Gasteiger partial charge on any atom is -0.328 e. The maximum atomic E-state index is 13.0. The van der Waals surface area contributed by atoms with E-state index in [0.717, 1.165) is 35.8 Å². The molecule has 128 valence electrons. The lowest BCUT2D eigenvalue weighted by Crippen LogP contribution is -2.42. The Labute approximate surface area is 145 Å². The summed E-state index contributed by atoms with van der Waals surface area (Å²) in [6.07, 6.45) is 6.20. The van der Waals surface area contributed by atoms with E-state index in [0.29, 0.717) is 5.92 Å². The van der Waals surface area contributed by atoms with Gasteiger partial charge in [-0.2, -0.15) is 5.10 Å². The lowest BCUT2D eigenvalue weighted by atomic mass is 10.0. The van der Waals surface area contributed by atoms with Gasteiger partial charge in [-0.3, -0.25) is 5.10 Å². The summed E-state index contributed by atoms with van der Waals surface area (Å²) in [5.41, 5.74) is 3.24. The molecule has 1 aliphatic heterocycles. The van der Waals surface area contributed by atoms with Gasteiger partial charge in [0.2, 0.25) is 0 Å². The van der Waals surface area contributed by atoms with Gasteiger partial charge >= 0.3 is 6.03 Å². The SMILES string of the molecule is Cc1n[nH]c(C)c1[C@@H]1CCCN1C(=O)N[C@@H](c1nccs1)C1CC1. The van der Waals surface area contributed by atoms with E-state index in [2.05, 4.69) is 20.5 Å². The molecule has 2 aliphatic rings. The van der Waals surface area contributed by atoms with Crippen LogP contribution in [0.5, 0.6) is 0 Å². The quantitative estimate of drug-likeness (QED) is 0.891. The van der Waals surface area contributed by atoms with Crippen LogP contribution in [0.4, 0.5) is 4.79 Å². The first-order valence-electron chi connectivity index (χ1n) is 8.63. The van der Waals surface area contributed by atoms with Crippen LogP contribution >= 0.6 is 11.3 Å². The van der Waals surface area contributed by atoms with Crippen LogP contribution in [0.3, 0.4) is 0 Å². The molecule has 7 heteroatoms. The van der Waals surface area contributed by atoms with Crippen molar-refractivity contribution in [3.05, 3.63) is 33.5 Å². The largest absolute Gasteiger partial charge is 0.328 e. The average molecular weight is 345 g/mol. The lowest BCUT2D eigenvalue weighted by molar-refractivity contribution is 0.187. The van der Waals surface area contributed by atoms with Gasteiger partial charge in [0, 0.05) is 29.4 Å². The highest BCUT2D eigenvalue weighted by Gasteiger charge is 2.38. The Balaban J connectivity index is 1.53. The van der Waals surface area contributed by atoms with Crippen LogP contribution in [0.25, 0.3) is 0 Å². The summed E-state index contributed by atoms with van der Waals surface area (Å²) in [5.74, 6) is 0.540. The molecule has 0 spiro atoms. The monoisotopic (exact) mass is 345 g/mol. The van der Waals surface area contributed by atoms with E-state index in [1.165, 1.54) is 18.4 Å². The molecule has 1 saturated heterocycles. The number of urea groups is 1. The van der Waals surface area contributed by atoms with E-state index in [-0.39, 0.29) is 18.1 Å². The van der Waals surface area contributed by atoms with Crippen molar-refractivity contribution in [2.24, 2.45) is 5.92 Å². The minimum atomic E-state index is 0.0320. The topological polar surface area (TPSA) is 73.9 Å². The van der Waals surface area contributed by atoms with Gasteiger partial charge in [-0.25, -0.2) is 9.78 Å². The van der Waals surface area contributed by atoms with Gasteiger partial charge in [-0.15, -0.1) is 11.3 Å². The molecule has 3 heterocycles. The number of hydrogen-bond donors (Lipinski definition) is 2. The van der Waals surface area contributed by atoms with E-state index in [1.54, 1.807) is 11.3 Å². The second-order valence-corrected chi connectivity index (χ2v) is 7.76. The van der Waals surface area contributed by atoms with Gasteiger partial charge in [-0.05, 0) is 45.4 Å². The molecule has 0 aromatic carbocycles. The molecule has 2 aromatic rings. The predicted octanol–water partition coefficient (Wildman–Crippen LogP) is 3.48. The van der Waals surface area contributed by atoms with Gasteiger partial charge in [0.05, 0.1) is 17.8 Å². The van der Waals surface area contributed by atoms with E-state index in [4.69, 9.17) is 0 Å². The van der Waals surface area contributed by atoms with Crippen molar-refractivity contribution in [3.63, 3.8) is 0 Å². The second-order valence-electron chi connectivity index (χ2n) is 6.83. The molecular weight excluding hydrogens is 322 g/mol. The Kier molecular flexibility index (Phi) is 4.04. The van der Waals surface area contributed by atoms with Crippen LogP contribution in [0.2, 0.25) is 0 Å². The summed E-state index contributed by atoms with van der Waals surface area (Å²) in [7, 11) is 0.